The van der Waals surface area contributed by atoms with E-state index in [9.17, 15) is 8.42 Å². The van der Waals surface area contributed by atoms with Gasteiger partial charge in [0.2, 0.25) is 10.0 Å². The maximum Gasteiger partial charge on any atom is 0.242 e. The van der Waals surface area contributed by atoms with E-state index >= 15 is 0 Å². The van der Waals surface area contributed by atoms with Crippen LogP contribution in [0.25, 0.3) is 0 Å². The van der Waals surface area contributed by atoms with Gasteiger partial charge in [-0.15, -0.1) is 0 Å². The van der Waals surface area contributed by atoms with Gasteiger partial charge in [-0.25, -0.2) is 13.1 Å². The predicted octanol–water partition coefficient (Wildman–Crippen LogP) is 2.00. The van der Waals surface area contributed by atoms with Crippen LogP contribution >= 0.6 is 15.9 Å². The normalized spacial score (nSPS) is 18.6. The van der Waals surface area contributed by atoms with Gasteiger partial charge in [0.25, 0.3) is 0 Å². The third-order valence-corrected chi connectivity index (χ3v) is 5.87. The van der Waals surface area contributed by atoms with Gasteiger partial charge in [0.15, 0.2) is 0 Å². The molecule has 1 heterocycles. The molecule has 2 rings (SSSR count). The molecule has 1 aromatic heterocycles. The van der Waals surface area contributed by atoms with E-state index in [1.807, 2.05) is 14.1 Å². The van der Waals surface area contributed by atoms with Crippen molar-refractivity contribution < 1.29 is 8.42 Å². The molecule has 1 saturated carbocycles. The number of hydrogen-bond donors (Lipinski definition) is 1. The second-order valence-electron chi connectivity index (χ2n) is 5.49. The Labute approximate surface area is 129 Å². The van der Waals surface area contributed by atoms with Gasteiger partial charge in [0.1, 0.15) is 4.90 Å². The standard InChI is InChI=1S/C13H20BrN3O2S/c1-17(2)13(5-3-4-6-13)10-16-20(18,19)12-7-11(14)8-15-9-12/h7-9,16H,3-6,10H2,1-2H3. The van der Waals surface area contributed by atoms with E-state index in [1.165, 1.54) is 6.20 Å². The first kappa shape index (κ1) is 15.9. The summed E-state index contributed by atoms with van der Waals surface area (Å²) in [6, 6.07) is 1.56. The van der Waals surface area contributed by atoms with Crippen LogP contribution in [0.15, 0.2) is 27.8 Å². The van der Waals surface area contributed by atoms with Crippen molar-refractivity contribution in [3.05, 3.63) is 22.9 Å². The highest BCUT2D eigenvalue weighted by atomic mass is 79.9. The largest absolute Gasteiger partial charge is 0.302 e. The number of hydrogen-bond acceptors (Lipinski definition) is 4. The van der Waals surface area contributed by atoms with Crippen LogP contribution in [0.4, 0.5) is 0 Å². The average Bonchev–Trinajstić information content (AvgIpc) is 2.87. The predicted molar refractivity (Wildman–Crippen MR) is 82.0 cm³/mol. The fraction of sp³-hybridized carbons (Fsp3) is 0.615. The molecule has 0 saturated heterocycles. The number of likely N-dealkylation sites (N-methyl/N-ethyl adjacent to an activating group) is 1. The van der Waals surface area contributed by atoms with E-state index in [-0.39, 0.29) is 10.4 Å². The summed E-state index contributed by atoms with van der Waals surface area (Å²) >= 11 is 3.24. The van der Waals surface area contributed by atoms with Crippen molar-refractivity contribution in [1.82, 2.24) is 14.6 Å². The zero-order valence-electron chi connectivity index (χ0n) is 11.8. The first-order valence-electron chi connectivity index (χ1n) is 6.63. The topological polar surface area (TPSA) is 62.3 Å². The lowest BCUT2D eigenvalue weighted by Crippen LogP contribution is -2.50. The summed E-state index contributed by atoms with van der Waals surface area (Å²) in [7, 11) is 0.517. The highest BCUT2D eigenvalue weighted by Gasteiger charge is 2.37. The number of sulfonamides is 1. The summed E-state index contributed by atoms with van der Waals surface area (Å²) in [4.78, 5) is 6.24. The smallest absolute Gasteiger partial charge is 0.242 e. The highest BCUT2D eigenvalue weighted by molar-refractivity contribution is 9.10. The minimum atomic E-state index is -3.51. The summed E-state index contributed by atoms with van der Waals surface area (Å²) in [6.45, 7) is 0.439. The molecule has 0 aliphatic heterocycles. The second-order valence-corrected chi connectivity index (χ2v) is 8.17. The molecule has 20 heavy (non-hydrogen) atoms. The Morgan fingerprint density at radius 3 is 2.55 bits per heavy atom. The Morgan fingerprint density at radius 2 is 2.00 bits per heavy atom. The Morgan fingerprint density at radius 1 is 1.35 bits per heavy atom. The molecule has 0 atom stereocenters. The third-order valence-electron chi connectivity index (χ3n) is 4.06. The van der Waals surface area contributed by atoms with E-state index in [4.69, 9.17) is 0 Å². The van der Waals surface area contributed by atoms with Crippen molar-refractivity contribution in [1.29, 1.82) is 0 Å². The summed E-state index contributed by atoms with van der Waals surface area (Å²) in [5, 5.41) is 0. The van der Waals surface area contributed by atoms with Crippen LogP contribution in [0.5, 0.6) is 0 Å². The van der Waals surface area contributed by atoms with Crippen LogP contribution in [-0.2, 0) is 10.0 Å². The van der Waals surface area contributed by atoms with Gasteiger partial charge < -0.3 is 4.90 Å². The van der Waals surface area contributed by atoms with Crippen molar-refractivity contribution in [2.24, 2.45) is 0 Å². The fourth-order valence-corrected chi connectivity index (χ4v) is 4.29. The lowest BCUT2D eigenvalue weighted by Gasteiger charge is -2.36. The van der Waals surface area contributed by atoms with Gasteiger partial charge in [-0.3, -0.25) is 4.98 Å². The number of halogens is 1. The van der Waals surface area contributed by atoms with Crippen LogP contribution < -0.4 is 4.72 Å². The molecule has 0 amide bonds. The first-order valence-corrected chi connectivity index (χ1v) is 8.91. The highest BCUT2D eigenvalue weighted by Crippen LogP contribution is 2.33. The summed E-state index contributed by atoms with van der Waals surface area (Å²) in [6.07, 6.45) is 7.29. The quantitative estimate of drug-likeness (QED) is 0.870. The molecule has 1 aromatic rings. The third kappa shape index (κ3) is 3.39. The zero-order valence-corrected chi connectivity index (χ0v) is 14.2. The van der Waals surface area contributed by atoms with Crippen molar-refractivity contribution in [2.45, 2.75) is 36.1 Å². The Balaban J connectivity index is 2.13. The molecule has 0 bridgehead atoms. The Hall–Kier alpha value is -0.500. The average molecular weight is 362 g/mol. The van der Waals surface area contributed by atoms with Gasteiger partial charge in [0, 0.05) is 29.0 Å². The Kier molecular flexibility index (Phi) is 4.84. The molecule has 0 spiro atoms. The van der Waals surface area contributed by atoms with E-state index in [0.29, 0.717) is 11.0 Å². The van der Waals surface area contributed by atoms with Crippen LogP contribution in [0.2, 0.25) is 0 Å². The molecular formula is C13H20BrN3O2S. The summed E-state index contributed by atoms with van der Waals surface area (Å²) < 4.78 is 28.0. The van der Waals surface area contributed by atoms with Crippen LogP contribution in [-0.4, -0.2) is 44.5 Å². The first-order chi connectivity index (χ1) is 9.36. The molecule has 1 aliphatic rings. The molecule has 7 heteroatoms. The lowest BCUT2D eigenvalue weighted by molar-refractivity contribution is 0.162. The maximum absolute atomic E-state index is 12.3. The van der Waals surface area contributed by atoms with Gasteiger partial charge in [0.05, 0.1) is 0 Å². The number of rotatable bonds is 5. The molecule has 5 nitrogen and oxygen atoms in total. The lowest BCUT2D eigenvalue weighted by atomic mass is 9.97. The minimum absolute atomic E-state index is 0.0630. The van der Waals surface area contributed by atoms with E-state index < -0.39 is 10.0 Å². The number of pyridine rings is 1. The van der Waals surface area contributed by atoms with Crippen LogP contribution in [0.1, 0.15) is 25.7 Å². The monoisotopic (exact) mass is 361 g/mol. The molecule has 1 fully saturated rings. The second kappa shape index (κ2) is 6.09. The minimum Gasteiger partial charge on any atom is -0.302 e. The molecule has 1 N–H and O–H groups in total. The van der Waals surface area contributed by atoms with Crippen molar-refractivity contribution >= 4 is 26.0 Å². The molecular weight excluding hydrogens is 342 g/mol. The summed E-state index contributed by atoms with van der Waals surface area (Å²) in [5.74, 6) is 0. The number of nitrogens with zero attached hydrogens (tertiary/aromatic N) is 2. The van der Waals surface area contributed by atoms with Crippen LogP contribution in [0.3, 0.4) is 0 Å². The molecule has 112 valence electrons. The number of nitrogens with one attached hydrogen (secondary N) is 1. The van der Waals surface area contributed by atoms with Crippen molar-refractivity contribution in [2.75, 3.05) is 20.6 Å². The zero-order chi connectivity index (χ0) is 14.8. The fourth-order valence-electron chi connectivity index (χ4n) is 2.67. The molecule has 0 aromatic carbocycles. The number of aromatic nitrogens is 1. The van der Waals surface area contributed by atoms with E-state index in [2.05, 4.69) is 30.5 Å². The molecule has 0 unspecified atom stereocenters. The van der Waals surface area contributed by atoms with Gasteiger partial charge in [-0.05, 0) is 48.9 Å². The van der Waals surface area contributed by atoms with E-state index in [0.717, 1.165) is 25.7 Å². The SMILES string of the molecule is CN(C)C1(CNS(=O)(=O)c2cncc(Br)c2)CCCC1. The van der Waals surface area contributed by atoms with Gasteiger partial charge in [-0.1, -0.05) is 12.8 Å². The van der Waals surface area contributed by atoms with Crippen molar-refractivity contribution in [3.8, 4) is 0 Å². The van der Waals surface area contributed by atoms with Crippen LogP contribution in [0, 0.1) is 0 Å². The summed E-state index contributed by atoms with van der Waals surface area (Å²) in [5.41, 5.74) is -0.0630. The van der Waals surface area contributed by atoms with E-state index in [1.54, 1.807) is 12.3 Å². The maximum atomic E-state index is 12.3. The molecule has 0 radical (unpaired) electrons. The van der Waals surface area contributed by atoms with Gasteiger partial charge in [-0.2, -0.15) is 0 Å². The van der Waals surface area contributed by atoms with Gasteiger partial charge >= 0.3 is 0 Å². The Bertz CT molecular complexity index is 569. The van der Waals surface area contributed by atoms with Crippen molar-refractivity contribution in [3.63, 3.8) is 0 Å². The molecule has 1 aliphatic carbocycles.